The van der Waals surface area contributed by atoms with E-state index in [0.29, 0.717) is 16.7 Å². The molecule has 4 nitrogen and oxygen atoms in total. The van der Waals surface area contributed by atoms with Crippen LogP contribution >= 0.6 is 0 Å². The number of rotatable bonds is 1. The second-order valence-electron chi connectivity index (χ2n) is 4.61. The number of allylic oxidation sites excluding steroid dienone is 2. The molecule has 3 rings (SSSR count). The van der Waals surface area contributed by atoms with Crippen LogP contribution in [-0.2, 0) is 0 Å². The van der Waals surface area contributed by atoms with E-state index in [0.717, 1.165) is 0 Å². The number of nitrogens with zero attached hydrogens (tertiary/aromatic N) is 1. The lowest BCUT2D eigenvalue weighted by Crippen LogP contribution is -2.04. The quantitative estimate of drug-likeness (QED) is 0.493. The number of ketones is 2. The summed E-state index contributed by atoms with van der Waals surface area (Å²) in [5.41, 5.74) is 0.999. The molecule has 0 radical (unpaired) electrons. The molecule has 0 saturated carbocycles. The molecule has 2 aromatic carbocycles. The van der Waals surface area contributed by atoms with Gasteiger partial charge in [-0.3, -0.25) is 9.59 Å². The summed E-state index contributed by atoms with van der Waals surface area (Å²) in [6.45, 7) is 0. The molecule has 4 heteroatoms. The Morgan fingerprint density at radius 1 is 0.905 bits per heavy atom. The van der Waals surface area contributed by atoms with Crippen molar-refractivity contribution < 1.29 is 14.7 Å². The van der Waals surface area contributed by atoms with Gasteiger partial charge in [-0.2, -0.15) is 5.26 Å². The minimum atomic E-state index is -0.430. The largest absolute Gasteiger partial charge is 0.508 e. The van der Waals surface area contributed by atoms with Gasteiger partial charge in [-0.15, -0.1) is 0 Å². The summed E-state index contributed by atoms with van der Waals surface area (Å²) in [5.74, 6) is -0.811. The van der Waals surface area contributed by atoms with Crippen molar-refractivity contribution in [1.82, 2.24) is 0 Å². The van der Waals surface area contributed by atoms with Gasteiger partial charge >= 0.3 is 0 Å². The maximum absolute atomic E-state index is 12.4. The molecule has 0 atom stereocenters. The van der Waals surface area contributed by atoms with Crippen LogP contribution in [0.25, 0.3) is 5.57 Å². The summed E-state index contributed by atoms with van der Waals surface area (Å²) >= 11 is 0. The molecule has 0 unspecified atom stereocenters. The molecule has 0 aliphatic heterocycles. The van der Waals surface area contributed by atoms with Gasteiger partial charge in [0.15, 0.2) is 11.6 Å². The number of carbonyl (C=O) groups excluding carboxylic acids is 2. The second-order valence-corrected chi connectivity index (χ2v) is 4.61. The van der Waals surface area contributed by atoms with Gasteiger partial charge in [0.25, 0.3) is 0 Å². The Hall–Kier alpha value is -3.19. The van der Waals surface area contributed by atoms with Crippen LogP contribution < -0.4 is 0 Å². The minimum absolute atomic E-state index is 0.0289. The highest BCUT2D eigenvalue weighted by Gasteiger charge is 2.35. The van der Waals surface area contributed by atoms with Gasteiger partial charge in [-0.05, 0) is 29.8 Å². The second kappa shape index (κ2) is 4.73. The third-order valence-electron chi connectivity index (χ3n) is 3.39. The number of benzene rings is 2. The molecular weight excluding hydrogens is 266 g/mol. The Labute approximate surface area is 120 Å². The van der Waals surface area contributed by atoms with Gasteiger partial charge < -0.3 is 5.11 Å². The first-order valence-electron chi connectivity index (χ1n) is 6.25. The Bertz CT molecular complexity index is 802. The van der Waals surface area contributed by atoms with Crippen molar-refractivity contribution in [2.24, 2.45) is 0 Å². The smallest absolute Gasteiger partial charge is 0.199 e. The maximum Gasteiger partial charge on any atom is 0.199 e. The zero-order valence-corrected chi connectivity index (χ0v) is 10.8. The molecule has 21 heavy (non-hydrogen) atoms. The highest BCUT2D eigenvalue weighted by Crippen LogP contribution is 2.32. The van der Waals surface area contributed by atoms with Crippen molar-refractivity contribution in [1.29, 1.82) is 5.26 Å². The van der Waals surface area contributed by atoms with Gasteiger partial charge in [0.05, 0.1) is 11.1 Å². The zero-order valence-electron chi connectivity index (χ0n) is 10.8. The number of carbonyl (C=O) groups is 2. The highest BCUT2D eigenvalue weighted by atomic mass is 16.3. The van der Waals surface area contributed by atoms with Gasteiger partial charge in [-0.1, -0.05) is 24.3 Å². The van der Waals surface area contributed by atoms with Crippen molar-refractivity contribution in [3.63, 3.8) is 0 Å². The Morgan fingerprint density at radius 2 is 1.43 bits per heavy atom. The molecule has 0 spiro atoms. The van der Waals surface area contributed by atoms with Crippen molar-refractivity contribution in [2.75, 3.05) is 0 Å². The molecule has 0 bridgehead atoms. The van der Waals surface area contributed by atoms with E-state index < -0.39 is 11.6 Å². The lowest BCUT2D eigenvalue weighted by atomic mass is 9.98. The monoisotopic (exact) mass is 275 g/mol. The van der Waals surface area contributed by atoms with Gasteiger partial charge in [0.2, 0.25) is 0 Å². The summed E-state index contributed by atoms with van der Waals surface area (Å²) in [4.78, 5) is 24.7. The predicted molar refractivity (Wildman–Crippen MR) is 75.7 cm³/mol. The third kappa shape index (κ3) is 1.92. The first-order valence-corrected chi connectivity index (χ1v) is 6.25. The van der Waals surface area contributed by atoms with Crippen LogP contribution in [0.15, 0.2) is 54.1 Å². The Kier molecular flexibility index (Phi) is 2.89. The SMILES string of the molecule is N#CC(=C1C(=O)c2ccccc2C1=O)c1ccc(O)cc1. The Morgan fingerprint density at radius 3 is 1.90 bits per heavy atom. The molecule has 1 aliphatic carbocycles. The molecule has 2 aromatic rings. The topological polar surface area (TPSA) is 78.2 Å². The predicted octanol–water partition coefficient (Wildman–Crippen LogP) is 2.75. The summed E-state index contributed by atoms with van der Waals surface area (Å²) in [6, 6.07) is 14.3. The summed E-state index contributed by atoms with van der Waals surface area (Å²) in [7, 11) is 0. The van der Waals surface area contributed by atoms with E-state index >= 15 is 0 Å². The van der Waals surface area contributed by atoms with Crippen LogP contribution in [0.2, 0.25) is 0 Å². The van der Waals surface area contributed by atoms with Crippen LogP contribution in [0.1, 0.15) is 26.3 Å². The fourth-order valence-electron chi connectivity index (χ4n) is 2.37. The lowest BCUT2D eigenvalue weighted by molar-refractivity contribution is 0.0990. The van der Waals surface area contributed by atoms with E-state index in [2.05, 4.69) is 0 Å². The van der Waals surface area contributed by atoms with E-state index in [9.17, 15) is 20.0 Å². The number of Topliss-reactive ketones (excluding diaryl/α,β-unsaturated/α-hetero) is 2. The van der Waals surface area contributed by atoms with E-state index in [4.69, 9.17) is 0 Å². The van der Waals surface area contributed by atoms with Crippen LogP contribution in [0, 0.1) is 11.3 Å². The molecule has 1 aliphatic rings. The number of nitriles is 1. The van der Waals surface area contributed by atoms with Crippen molar-refractivity contribution in [3.05, 3.63) is 70.8 Å². The molecular formula is C17H9NO3. The molecule has 0 aromatic heterocycles. The highest BCUT2D eigenvalue weighted by molar-refractivity contribution is 6.43. The average Bonchev–Trinajstić information content (AvgIpc) is 2.76. The molecule has 100 valence electrons. The maximum atomic E-state index is 12.4. The number of hydrogen-bond acceptors (Lipinski definition) is 4. The number of aromatic hydroxyl groups is 1. The lowest BCUT2D eigenvalue weighted by Gasteiger charge is -2.02. The first-order chi connectivity index (χ1) is 10.1. The van der Waals surface area contributed by atoms with E-state index in [1.165, 1.54) is 24.3 Å². The number of phenols is 1. The van der Waals surface area contributed by atoms with Gasteiger partial charge in [0.1, 0.15) is 11.8 Å². The molecule has 1 N–H and O–H groups in total. The van der Waals surface area contributed by atoms with Crippen LogP contribution in [0.5, 0.6) is 5.75 Å². The average molecular weight is 275 g/mol. The Balaban J connectivity index is 2.23. The summed E-state index contributed by atoms with van der Waals surface area (Å²) in [5, 5.41) is 18.6. The number of fused-ring (bicyclic) bond motifs is 1. The summed E-state index contributed by atoms with van der Waals surface area (Å²) < 4.78 is 0. The number of hydrogen-bond donors (Lipinski definition) is 1. The molecule has 0 fully saturated rings. The standard InChI is InChI=1S/C17H9NO3/c18-9-14(10-5-7-11(19)8-6-10)15-16(20)12-3-1-2-4-13(12)17(15)21/h1-8,19H. The zero-order chi connectivity index (χ0) is 15.0. The van der Waals surface area contributed by atoms with E-state index in [-0.39, 0.29) is 16.9 Å². The number of phenolic OH excluding ortho intramolecular Hbond substituents is 1. The van der Waals surface area contributed by atoms with E-state index in [1.54, 1.807) is 24.3 Å². The van der Waals surface area contributed by atoms with Gasteiger partial charge in [0, 0.05) is 11.1 Å². The van der Waals surface area contributed by atoms with Crippen molar-refractivity contribution in [3.8, 4) is 11.8 Å². The summed E-state index contributed by atoms with van der Waals surface area (Å²) in [6.07, 6.45) is 0. The third-order valence-corrected chi connectivity index (χ3v) is 3.39. The van der Waals surface area contributed by atoms with Crippen molar-refractivity contribution >= 4 is 17.1 Å². The molecule has 0 heterocycles. The van der Waals surface area contributed by atoms with E-state index in [1.807, 2.05) is 6.07 Å². The van der Waals surface area contributed by atoms with Crippen molar-refractivity contribution in [2.45, 2.75) is 0 Å². The normalized spacial score (nSPS) is 13.0. The first kappa shape index (κ1) is 12.8. The molecule has 0 saturated heterocycles. The van der Waals surface area contributed by atoms with Crippen LogP contribution in [0.3, 0.4) is 0 Å². The fourth-order valence-corrected chi connectivity index (χ4v) is 2.37. The van der Waals surface area contributed by atoms with Crippen LogP contribution in [-0.4, -0.2) is 16.7 Å². The fraction of sp³-hybridized carbons (Fsp3) is 0. The van der Waals surface area contributed by atoms with Crippen LogP contribution in [0.4, 0.5) is 0 Å². The van der Waals surface area contributed by atoms with Gasteiger partial charge in [-0.25, -0.2) is 0 Å². The molecule has 0 amide bonds. The minimum Gasteiger partial charge on any atom is -0.508 e.